The number of nitrogens with zero attached hydrogens (tertiary/aromatic N) is 3. The fourth-order valence-corrected chi connectivity index (χ4v) is 5.72. The van der Waals surface area contributed by atoms with Crippen LogP contribution in [-0.2, 0) is 23.0 Å². The van der Waals surface area contributed by atoms with Gasteiger partial charge in [-0.15, -0.1) is 11.8 Å². The van der Waals surface area contributed by atoms with Gasteiger partial charge in [0, 0.05) is 30.7 Å². The molecule has 4 rings (SSSR count). The van der Waals surface area contributed by atoms with E-state index in [9.17, 15) is 13.6 Å². The molecule has 168 valence electrons. The summed E-state index contributed by atoms with van der Waals surface area (Å²) in [6.45, 7) is 2.75. The molecule has 0 amide bonds. The SMILES string of the molecule is CCCCc1nc2c(n1Cc1ccc(-c3ccccc3S(N)(=O)=O)cc1)C(=NO)CCS2. The molecule has 0 fully saturated rings. The Kier molecular flexibility index (Phi) is 6.68. The van der Waals surface area contributed by atoms with Crippen LogP contribution < -0.4 is 5.14 Å². The maximum atomic E-state index is 12.0. The molecule has 2 aromatic carbocycles. The van der Waals surface area contributed by atoms with Crippen molar-refractivity contribution in [2.24, 2.45) is 10.3 Å². The lowest BCUT2D eigenvalue weighted by Crippen LogP contribution is -2.17. The first-order valence-corrected chi connectivity index (χ1v) is 13.1. The normalized spacial score (nSPS) is 15.1. The van der Waals surface area contributed by atoms with Crippen LogP contribution in [0.3, 0.4) is 0 Å². The minimum absolute atomic E-state index is 0.110. The Balaban J connectivity index is 1.69. The Morgan fingerprint density at radius 1 is 1.19 bits per heavy atom. The van der Waals surface area contributed by atoms with E-state index in [1.807, 2.05) is 24.3 Å². The summed E-state index contributed by atoms with van der Waals surface area (Å²) in [6, 6.07) is 14.5. The number of oxime groups is 1. The summed E-state index contributed by atoms with van der Waals surface area (Å²) in [6.07, 6.45) is 3.68. The first kappa shape index (κ1) is 22.6. The molecule has 3 aromatic rings. The second kappa shape index (κ2) is 9.48. The van der Waals surface area contributed by atoms with Gasteiger partial charge in [-0.05, 0) is 23.6 Å². The van der Waals surface area contributed by atoms with Crippen molar-refractivity contribution < 1.29 is 13.6 Å². The summed E-state index contributed by atoms with van der Waals surface area (Å²) in [5.41, 5.74) is 3.99. The molecule has 2 heterocycles. The Hall–Kier alpha value is -2.62. The van der Waals surface area contributed by atoms with Crippen LogP contribution in [0.25, 0.3) is 11.1 Å². The van der Waals surface area contributed by atoms with E-state index in [-0.39, 0.29) is 4.90 Å². The lowest BCUT2D eigenvalue weighted by molar-refractivity contribution is 0.317. The fraction of sp³-hybridized carbons (Fsp3) is 0.304. The van der Waals surface area contributed by atoms with Crippen molar-refractivity contribution in [2.45, 2.75) is 49.1 Å². The van der Waals surface area contributed by atoms with Crippen LogP contribution in [-0.4, -0.2) is 34.6 Å². The van der Waals surface area contributed by atoms with E-state index in [1.165, 1.54) is 6.07 Å². The Bertz CT molecular complexity index is 1250. The van der Waals surface area contributed by atoms with Crippen molar-refractivity contribution in [1.82, 2.24) is 9.55 Å². The van der Waals surface area contributed by atoms with E-state index < -0.39 is 10.0 Å². The molecule has 0 unspecified atom stereocenters. The summed E-state index contributed by atoms with van der Waals surface area (Å²) in [5, 5.41) is 19.4. The number of thioether (sulfide) groups is 1. The van der Waals surface area contributed by atoms with Gasteiger partial charge in [0.1, 0.15) is 22.3 Å². The summed E-state index contributed by atoms with van der Waals surface area (Å²) >= 11 is 1.70. The number of nitrogens with two attached hydrogens (primary N) is 1. The van der Waals surface area contributed by atoms with Gasteiger partial charge in [0.2, 0.25) is 10.0 Å². The number of aryl methyl sites for hydroxylation is 1. The number of aromatic nitrogens is 2. The predicted octanol–water partition coefficient (Wildman–Crippen LogP) is 4.26. The molecule has 7 nitrogen and oxygen atoms in total. The molecule has 0 spiro atoms. The number of benzene rings is 2. The van der Waals surface area contributed by atoms with Gasteiger partial charge in [-0.3, -0.25) is 0 Å². The monoisotopic (exact) mass is 470 g/mol. The number of imidazole rings is 1. The summed E-state index contributed by atoms with van der Waals surface area (Å²) in [4.78, 5) is 4.95. The number of fused-ring (bicyclic) bond motifs is 1. The smallest absolute Gasteiger partial charge is 0.238 e. The minimum atomic E-state index is -3.82. The third-order valence-electron chi connectivity index (χ3n) is 5.54. The van der Waals surface area contributed by atoms with Gasteiger partial charge in [-0.1, -0.05) is 61.0 Å². The number of hydrogen-bond acceptors (Lipinski definition) is 6. The van der Waals surface area contributed by atoms with E-state index in [2.05, 4.69) is 16.6 Å². The van der Waals surface area contributed by atoms with Crippen molar-refractivity contribution in [2.75, 3.05) is 5.75 Å². The zero-order valence-electron chi connectivity index (χ0n) is 17.9. The Morgan fingerprint density at radius 3 is 2.62 bits per heavy atom. The highest BCUT2D eigenvalue weighted by atomic mass is 32.2. The standard InChI is InChI=1S/C23H26N4O3S2/c1-2-3-8-21-25-23-22(19(26-28)13-14-31-23)27(21)15-16-9-11-17(12-10-16)18-6-4-5-7-20(18)32(24,29)30/h4-7,9-12,28H,2-3,8,13-15H2,1H3,(H2,24,29,30). The molecular weight excluding hydrogens is 444 g/mol. The third-order valence-corrected chi connectivity index (χ3v) is 7.47. The van der Waals surface area contributed by atoms with Gasteiger partial charge in [-0.2, -0.15) is 0 Å². The zero-order chi connectivity index (χ0) is 22.7. The Morgan fingerprint density at radius 2 is 1.94 bits per heavy atom. The average molecular weight is 471 g/mol. The number of rotatable bonds is 7. The summed E-state index contributed by atoms with van der Waals surface area (Å²) < 4.78 is 26.1. The lowest BCUT2D eigenvalue weighted by Gasteiger charge is -2.16. The molecule has 0 aliphatic carbocycles. The zero-order valence-corrected chi connectivity index (χ0v) is 19.5. The number of unbranched alkanes of at least 4 members (excludes halogenated alkanes) is 1. The molecule has 1 aliphatic heterocycles. The van der Waals surface area contributed by atoms with E-state index in [0.717, 1.165) is 52.7 Å². The highest BCUT2D eigenvalue weighted by Crippen LogP contribution is 2.32. The van der Waals surface area contributed by atoms with Crippen LogP contribution >= 0.6 is 11.8 Å². The molecule has 0 atom stereocenters. The van der Waals surface area contributed by atoms with E-state index >= 15 is 0 Å². The van der Waals surface area contributed by atoms with Crippen molar-refractivity contribution in [3.8, 4) is 11.1 Å². The lowest BCUT2D eigenvalue weighted by atomic mass is 10.0. The van der Waals surface area contributed by atoms with E-state index in [4.69, 9.17) is 10.1 Å². The number of hydrogen-bond donors (Lipinski definition) is 2. The second-order valence-electron chi connectivity index (χ2n) is 7.75. The summed E-state index contributed by atoms with van der Waals surface area (Å²) in [7, 11) is -3.82. The summed E-state index contributed by atoms with van der Waals surface area (Å²) in [5.74, 6) is 1.85. The molecule has 0 radical (unpaired) electrons. The van der Waals surface area contributed by atoms with Gasteiger partial charge in [-0.25, -0.2) is 18.5 Å². The van der Waals surface area contributed by atoms with Gasteiger partial charge in [0.25, 0.3) is 0 Å². The largest absolute Gasteiger partial charge is 0.411 e. The maximum Gasteiger partial charge on any atom is 0.238 e. The first-order valence-electron chi connectivity index (χ1n) is 10.6. The molecular formula is C23H26N4O3S2. The molecule has 0 bridgehead atoms. The third kappa shape index (κ3) is 4.60. The average Bonchev–Trinajstić information content (AvgIpc) is 3.15. The maximum absolute atomic E-state index is 12.0. The molecule has 3 N–H and O–H groups in total. The van der Waals surface area contributed by atoms with Gasteiger partial charge < -0.3 is 9.77 Å². The highest BCUT2D eigenvalue weighted by Gasteiger charge is 2.26. The van der Waals surface area contributed by atoms with Crippen molar-refractivity contribution in [1.29, 1.82) is 0 Å². The minimum Gasteiger partial charge on any atom is -0.411 e. The second-order valence-corrected chi connectivity index (χ2v) is 10.4. The molecule has 9 heteroatoms. The van der Waals surface area contributed by atoms with E-state index in [0.29, 0.717) is 24.2 Å². The quantitative estimate of drug-likeness (QED) is 0.396. The van der Waals surface area contributed by atoms with Crippen LogP contribution in [0.15, 0.2) is 63.6 Å². The van der Waals surface area contributed by atoms with Crippen LogP contribution in [0.2, 0.25) is 0 Å². The molecule has 0 saturated heterocycles. The van der Waals surface area contributed by atoms with Crippen LogP contribution in [0.1, 0.15) is 43.3 Å². The predicted molar refractivity (Wildman–Crippen MR) is 127 cm³/mol. The number of primary sulfonamides is 1. The molecule has 1 aliphatic rings. The molecule has 0 saturated carbocycles. The fourth-order valence-electron chi connectivity index (χ4n) is 3.94. The van der Waals surface area contributed by atoms with Gasteiger partial charge in [0.05, 0.1) is 4.90 Å². The molecule has 1 aromatic heterocycles. The number of sulfonamides is 1. The van der Waals surface area contributed by atoms with Crippen LogP contribution in [0, 0.1) is 0 Å². The van der Waals surface area contributed by atoms with Crippen molar-refractivity contribution in [3.63, 3.8) is 0 Å². The van der Waals surface area contributed by atoms with Crippen molar-refractivity contribution in [3.05, 3.63) is 65.6 Å². The topological polar surface area (TPSA) is 111 Å². The van der Waals surface area contributed by atoms with Gasteiger partial charge in [0.15, 0.2) is 0 Å². The van der Waals surface area contributed by atoms with Crippen LogP contribution in [0.5, 0.6) is 0 Å². The van der Waals surface area contributed by atoms with E-state index in [1.54, 1.807) is 30.0 Å². The van der Waals surface area contributed by atoms with Crippen molar-refractivity contribution >= 4 is 27.5 Å². The Labute approximate surface area is 192 Å². The van der Waals surface area contributed by atoms with Crippen LogP contribution in [0.4, 0.5) is 0 Å². The molecule has 32 heavy (non-hydrogen) atoms. The highest BCUT2D eigenvalue weighted by molar-refractivity contribution is 7.99. The van der Waals surface area contributed by atoms with Gasteiger partial charge >= 0.3 is 0 Å². The first-order chi connectivity index (χ1) is 15.4.